The van der Waals surface area contributed by atoms with Gasteiger partial charge in [0.05, 0.1) is 0 Å². The highest BCUT2D eigenvalue weighted by Gasteiger charge is 2.30. The molecule has 1 N–H and O–H groups in total. The van der Waals surface area contributed by atoms with E-state index in [0.29, 0.717) is 11.9 Å². The average Bonchev–Trinajstić information content (AvgIpc) is 2.30. The molecule has 0 radical (unpaired) electrons. The molecule has 0 aromatic rings. The van der Waals surface area contributed by atoms with Gasteiger partial charge in [-0.15, -0.1) is 0 Å². The molecule has 2 saturated heterocycles. The molecule has 1 atom stereocenters. The first-order valence-corrected chi connectivity index (χ1v) is 6.38. The van der Waals surface area contributed by atoms with Crippen molar-refractivity contribution in [3.8, 4) is 0 Å². The van der Waals surface area contributed by atoms with Gasteiger partial charge >= 0.3 is 0 Å². The van der Waals surface area contributed by atoms with Crippen LogP contribution in [0.2, 0.25) is 0 Å². The van der Waals surface area contributed by atoms with Crippen molar-refractivity contribution in [2.45, 2.75) is 25.8 Å². The number of hydrogen-bond acceptors (Lipinski definition) is 3. The molecule has 2 rings (SSSR count). The van der Waals surface area contributed by atoms with Crippen molar-refractivity contribution in [3.63, 3.8) is 0 Å². The van der Waals surface area contributed by atoms with Gasteiger partial charge in [0.25, 0.3) is 0 Å². The van der Waals surface area contributed by atoms with Crippen molar-refractivity contribution in [1.29, 1.82) is 0 Å². The maximum absolute atomic E-state index is 12.3. The molecule has 2 fully saturated rings. The SMILES string of the molecule is C[C@@H]1CNCCN1C(=O)C1CCN(C)CC1. The Balaban J connectivity index is 1.90. The predicted molar refractivity (Wildman–Crippen MR) is 64.3 cm³/mol. The quantitative estimate of drug-likeness (QED) is 0.690. The highest BCUT2D eigenvalue weighted by molar-refractivity contribution is 5.79. The minimum absolute atomic E-state index is 0.275. The molecule has 0 aliphatic carbocycles. The summed E-state index contributed by atoms with van der Waals surface area (Å²) in [5, 5.41) is 3.33. The normalized spacial score (nSPS) is 29.4. The summed E-state index contributed by atoms with van der Waals surface area (Å²) in [4.78, 5) is 16.7. The van der Waals surface area contributed by atoms with Crippen molar-refractivity contribution >= 4 is 5.91 Å². The molecule has 2 aliphatic heterocycles. The Bertz CT molecular complexity index is 249. The molecular weight excluding hydrogens is 202 g/mol. The van der Waals surface area contributed by atoms with Crippen LogP contribution in [-0.2, 0) is 4.79 Å². The molecule has 0 aromatic heterocycles. The number of hydrogen-bond donors (Lipinski definition) is 1. The second-order valence-corrected chi connectivity index (χ2v) is 5.16. The maximum Gasteiger partial charge on any atom is 0.226 e. The van der Waals surface area contributed by atoms with Crippen LogP contribution in [0.5, 0.6) is 0 Å². The summed E-state index contributed by atoms with van der Waals surface area (Å²) < 4.78 is 0. The fourth-order valence-corrected chi connectivity index (χ4v) is 2.66. The number of carbonyl (C=O) groups excluding carboxylic acids is 1. The maximum atomic E-state index is 12.3. The Morgan fingerprint density at radius 1 is 1.25 bits per heavy atom. The zero-order chi connectivity index (χ0) is 11.5. The molecule has 0 spiro atoms. The first-order valence-electron chi connectivity index (χ1n) is 6.38. The average molecular weight is 225 g/mol. The van der Waals surface area contributed by atoms with E-state index in [4.69, 9.17) is 0 Å². The topological polar surface area (TPSA) is 35.6 Å². The van der Waals surface area contributed by atoms with Crippen LogP contribution < -0.4 is 5.32 Å². The van der Waals surface area contributed by atoms with Crippen LogP contribution in [0.25, 0.3) is 0 Å². The molecule has 2 aliphatic rings. The van der Waals surface area contributed by atoms with Gasteiger partial charge in [-0.2, -0.15) is 0 Å². The summed E-state index contributed by atoms with van der Waals surface area (Å²) >= 11 is 0. The Hall–Kier alpha value is -0.610. The first kappa shape index (κ1) is 11.9. The minimum atomic E-state index is 0.275. The van der Waals surface area contributed by atoms with E-state index < -0.39 is 0 Å². The smallest absolute Gasteiger partial charge is 0.226 e. The molecule has 0 saturated carbocycles. The van der Waals surface area contributed by atoms with Gasteiger partial charge < -0.3 is 15.1 Å². The van der Waals surface area contributed by atoms with Crippen LogP contribution >= 0.6 is 0 Å². The van der Waals surface area contributed by atoms with Gasteiger partial charge in [-0.3, -0.25) is 4.79 Å². The molecular formula is C12H23N3O. The minimum Gasteiger partial charge on any atom is -0.337 e. The van der Waals surface area contributed by atoms with Crippen molar-refractivity contribution < 1.29 is 4.79 Å². The van der Waals surface area contributed by atoms with Crippen LogP contribution in [0.4, 0.5) is 0 Å². The third-order valence-corrected chi connectivity index (χ3v) is 3.85. The first-order chi connectivity index (χ1) is 7.68. The second kappa shape index (κ2) is 5.15. The Morgan fingerprint density at radius 2 is 1.94 bits per heavy atom. The fourth-order valence-electron chi connectivity index (χ4n) is 2.66. The third-order valence-electron chi connectivity index (χ3n) is 3.85. The van der Waals surface area contributed by atoms with E-state index in [9.17, 15) is 4.79 Å². The van der Waals surface area contributed by atoms with Gasteiger partial charge in [-0.25, -0.2) is 0 Å². The van der Waals surface area contributed by atoms with Crippen molar-refractivity contribution in [2.75, 3.05) is 39.8 Å². The zero-order valence-corrected chi connectivity index (χ0v) is 10.4. The van der Waals surface area contributed by atoms with E-state index in [-0.39, 0.29) is 5.92 Å². The van der Waals surface area contributed by atoms with Crippen LogP contribution in [0, 0.1) is 5.92 Å². The van der Waals surface area contributed by atoms with Gasteiger partial charge in [0, 0.05) is 31.6 Å². The molecule has 0 bridgehead atoms. The van der Waals surface area contributed by atoms with Crippen LogP contribution in [0.3, 0.4) is 0 Å². The summed E-state index contributed by atoms with van der Waals surface area (Å²) in [5.74, 6) is 0.666. The van der Waals surface area contributed by atoms with Crippen molar-refractivity contribution in [3.05, 3.63) is 0 Å². The third kappa shape index (κ3) is 2.55. The van der Waals surface area contributed by atoms with E-state index in [1.807, 2.05) is 0 Å². The highest BCUT2D eigenvalue weighted by Crippen LogP contribution is 2.20. The summed E-state index contributed by atoms with van der Waals surface area (Å²) in [7, 11) is 2.13. The molecule has 4 nitrogen and oxygen atoms in total. The Kier molecular flexibility index (Phi) is 3.82. The van der Waals surface area contributed by atoms with Crippen molar-refractivity contribution in [1.82, 2.24) is 15.1 Å². The van der Waals surface area contributed by atoms with E-state index in [1.165, 1.54) is 0 Å². The van der Waals surface area contributed by atoms with E-state index in [1.54, 1.807) is 0 Å². The molecule has 0 aromatic carbocycles. The lowest BCUT2D eigenvalue weighted by Gasteiger charge is -2.38. The monoisotopic (exact) mass is 225 g/mol. The van der Waals surface area contributed by atoms with Crippen molar-refractivity contribution in [2.24, 2.45) is 5.92 Å². The Morgan fingerprint density at radius 3 is 2.56 bits per heavy atom. The number of likely N-dealkylation sites (tertiary alicyclic amines) is 1. The van der Waals surface area contributed by atoms with Gasteiger partial charge in [-0.05, 0) is 39.9 Å². The van der Waals surface area contributed by atoms with Gasteiger partial charge in [0.15, 0.2) is 0 Å². The fraction of sp³-hybridized carbons (Fsp3) is 0.917. The molecule has 16 heavy (non-hydrogen) atoms. The predicted octanol–water partition coefficient (Wildman–Crippen LogP) is 0.149. The Labute approximate surface area is 98.0 Å². The van der Waals surface area contributed by atoms with Crippen LogP contribution in [0.15, 0.2) is 0 Å². The second-order valence-electron chi connectivity index (χ2n) is 5.16. The summed E-state index contributed by atoms with van der Waals surface area (Å²) in [6.45, 7) is 7.04. The van der Waals surface area contributed by atoms with Crippen LogP contribution in [-0.4, -0.2) is 61.5 Å². The highest BCUT2D eigenvalue weighted by atomic mass is 16.2. The molecule has 92 valence electrons. The summed E-state index contributed by atoms with van der Waals surface area (Å²) in [6, 6.07) is 0.362. The van der Waals surface area contributed by atoms with Gasteiger partial charge in [-0.1, -0.05) is 0 Å². The number of nitrogens with one attached hydrogen (secondary N) is 1. The molecule has 2 heterocycles. The lowest BCUT2D eigenvalue weighted by atomic mass is 9.94. The lowest BCUT2D eigenvalue weighted by molar-refractivity contribution is -0.139. The summed E-state index contributed by atoms with van der Waals surface area (Å²) in [6.07, 6.45) is 2.07. The number of piperazine rings is 1. The standard InChI is InChI=1S/C12H23N3O/c1-10-9-13-5-8-15(10)12(16)11-3-6-14(2)7-4-11/h10-11,13H,3-9H2,1-2H3/t10-/m1/s1. The zero-order valence-electron chi connectivity index (χ0n) is 10.4. The number of piperidine rings is 1. The van der Waals surface area contributed by atoms with Gasteiger partial charge in [0.1, 0.15) is 0 Å². The molecule has 4 heteroatoms. The molecule has 0 unspecified atom stereocenters. The largest absolute Gasteiger partial charge is 0.337 e. The lowest BCUT2D eigenvalue weighted by Crippen LogP contribution is -2.54. The van der Waals surface area contributed by atoms with Crippen LogP contribution in [0.1, 0.15) is 19.8 Å². The van der Waals surface area contributed by atoms with Gasteiger partial charge in [0.2, 0.25) is 5.91 Å². The number of nitrogens with zero attached hydrogens (tertiary/aromatic N) is 2. The van der Waals surface area contributed by atoms with E-state index >= 15 is 0 Å². The van der Waals surface area contributed by atoms with E-state index in [2.05, 4.69) is 29.1 Å². The summed E-state index contributed by atoms with van der Waals surface area (Å²) in [5.41, 5.74) is 0. The number of amides is 1. The number of carbonyl (C=O) groups is 1. The number of rotatable bonds is 1. The van der Waals surface area contributed by atoms with E-state index in [0.717, 1.165) is 45.6 Å². The molecule has 1 amide bonds.